The van der Waals surface area contributed by atoms with Crippen LogP contribution in [0.4, 0.5) is 16.3 Å². The number of hydrogen-bond acceptors (Lipinski definition) is 5. The summed E-state index contributed by atoms with van der Waals surface area (Å²) in [5, 5.41) is 3.23. The molecule has 27 heavy (non-hydrogen) atoms. The first-order valence-electron chi connectivity index (χ1n) is 9.07. The molecule has 0 radical (unpaired) electrons. The van der Waals surface area contributed by atoms with Crippen LogP contribution in [0, 0.1) is 6.92 Å². The van der Waals surface area contributed by atoms with Crippen LogP contribution in [0.5, 0.6) is 0 Å². The summed E-state index contributed by atoms with van der Waals surface area (Å²) in [5.41, 5.74) is 2.64. The van der Waals surface area contributed by atoms with Crippen molar-refractivity contribution in [1.29, 1.82) is 0 Å². The molecule has 2 aromatic rings. The zero-order valence-electron chi connectivity index (χ0n) is 15.6. The Labute approximate surface area is 158 Å². The van der Waals surface area contributed by atoms with Crippen LogP contribution in [0.3, 0.4) is 0 Å². The van der Waals surface area contributed by atoms with Gasteiger partial charge in [0, 0.05) is 43.6 Å². The highest BCUT2D eigenvalue weighted by Crippen LogP contribution is 2.18. The largest absolute Gasteiger partial charge is 0.450 e. The molecule has 142 valence electrons. The number of anilines is 2. The number of aryl methyl sites for hydroxylation is 1. The minimum absolute atomic E-state index is 0.0619. The molecule has 0 bridgehead atoms. The van der Waals surface area contributed by atoms with Gasteiger partial charge in [0.1, 0.15) is 5.82 Å². The van der Waals surface area contributed by atoms with Crippen molar-refractivity contribution in [2.75, 3.05) is 38.1 Å². The predicted molar refractivity (Wildman–Crippen MR) is 103 cm³/mol. The van der Waals surface area contributed by atoms with Gasteiger partial charge in [-0.15, -0.1) is 0 Å². The van der Waals surface area contributed by atoms with Crippen molar-refractivity contribution < 1.29 is 14.3 Å². The number of rotatable bonds is 4. The highest BCUT2D eigenvalue weighted by Gasteiger charge is 2.25. The molecular formula is C20H24N4O3. The van der Waals surface area contributed by atoms with E-state index in [9.17, 15) is 9.59 Å². The van der Waals surface area contributed by atoms with E-state index in [1.165, 1.54) is 0 Å². The second kappa shape index (κ2) is 8.53. The summed E-state index contributed by atoms with van der Waals surface area (Å²) in [6, 6.07) is 11.4. The smallest absolute Gasteiger partial charge is 0.409 e. The van der Waals surface area contributed by atoms with E-state index in [2.05, 4.69) is 10.3 Å². The lowest BCUT2D eigenvalue weighted by atomic mass is 10.2. The van der Waals surface area contributed by atoms with E-state index in [0.29, 0.717) is 44.2 Å². The SMILES string of the molecule is CCOC(=O)N1CCN(C(=O)c2ccnc(Nc3cccc(C)c3)c2)CC1. The summed E-state index contributed by atoms with van der Waals surface area (Å²) in [5.74, 6) is 0.560. The standard InChI is InChI=1S/C20H24N4O3/c1-3-27-20(26)24-11-9-23(10-12-24)19(25)16-7-8-21-18(14-16)22-17-6-4-5-15(2)13-17/h4-8,13-14H,3,9-12H2,1-2H3,(H,21,22). The van der Waals surface area contributed by atoms with Gasteiger partial charge in [-0.05, 0) is 43.7 Å². The van der Waals surface area contributed by atoms with Crippen LogP contribution in [-0.2, 0) is 4.74 Å². The summed E-state index contributed by atoms with van der Waals surface area (Å²) < 4.78 is 5.01. The van der Waals surface area contributed by atoms with E-state index < -0.39 is 0 Å². The van der Waals surface area contributed by atoms with E-state index in [-0.39, 0.29) is 12.0 Å². The van der Waals surface area contributed by atoms with Gasteiger partial charge in [0.25, 0.3) is 5.91 Å². The third-order valence-electron chi connectivity index (χ3n) is 4.39. The first kappa shape index (κ1) is 18.7. The van der Waals surface area contributed by atoms with Crippen molar-refractivity contribution in [3.8, 4) is 0 Å². The lowest BCUT2D eigenvalue weighted by Gasteiger charge is -2.34. The number of nitrogens with one attached hydrogen (secondary N) is 1. The Balaban J connectivity index is 1.63. The van der Waals surface area contributed by atoms with Gasteiger partial charge in [-0.2, -0.15) is 0 Å². The molecule has 1 aliphatic rings. The average Bonchev–Trinajstić information content (AvgIpc) is 2.68. The molecule has 0 saturated carbocycles. The lowest BCUT2D eigenvalue weighted by molar-refractivity contribution is 0.0570. The highest BCUT2D eigenvalue weighted by molar-refractivity contribution is 5.95. The summed E-state index contributed by atoms with van der Waals surface area (Å²) in [6.07, 6.45) is 1.30. The molecule has 1 aromatic carbocycles. The molecule has 0 spiro atoms. The summed E-state index contributed by atoms with van der Waals surface area (Å²) in [7, 11) is 0. The Bertz CT molecular complexity index is 816. The lowest BCUT2D eigenvalue weighted by Crippen LogP contribution is -2.50. The summed E-state index contributed by atoms with van der Waals surface area (Å²) in [4.78, 5) is 32.2. The molecule has 7 heteroatoms. The summed E-state index contributed by atoms with van der Waals surface area (Å²) >= 11 is 0. The van der Waals surface area contributed by atoms with Crippen molar-refractivity contribution in [3.63, 3.8) is 0 Å². The van der Waals surface area contributed by atoms with E-state index >= 15 is 0 Å². The zero-order valence-corrected chi connectivity index (χ0v) is 15.6. The number of amides is 2. The number of carbonyl (C=O) groups is 2. The number of benzene rings is 1. The third-order valence-corrected chi connectivity index (χ3v) is 4.39. The maximum absolute atomic E-state index is 12.8. The normalized spacial score (nSPS) is 14.0. The van der Waals surface area contributed by atoms with Gasteiger partial charge in [0.2, 0.25) is 0 Å². The van der Waals surface area contributed by atoms with Crippen LogP contribution in [0.1, 0.15) is 22.8 Å². The first-order valence-corrected chi connectivity index (χ1v) is 9.07. The molecule has 1 saturated heterocycles. The van der Waals surface area contributed by atoms with Gasteiger partial charge in [0.05, 0.1) is 6.61 Å². The highest BCUT2D eigenvalue weighted by atomic mass is 16.6. The molecule has 2 heterocycles. The Hall–Kier alpha value is -3.09. The minimum atomic E-state index is -0.321. The van der Waals surface area contributed by atoms with Crippen molar-refractivity contribution in [1.82, 2.24) is 14.8 Å². The number of pyridine rings is 1. The van der Waals surface area contributed by atoms with Gasteiger partial charge in [-0.25, -0.2) is 9.78 Å². The number of hydrogen-bond donors (Lipinski definition) is 1. The van der Waals surface area contributed by atoms with Crippen LogP contribution >= 0.6 is 0 Å². The average molecular weight is 368 g/mol. The van der Waals surface area contributed by atoms with Gasteiger partial charge in [-0.3, -0.25) is 4.79 Å². The second-order valence-electron chi connectivity index (χ2n) is 6.40. The van der Waals surface area contributed by atoms with Crippen molar-refractivity contribution in [2.45, 2.75) is 13.8 Å². The van der Waals surface area contributed by atoms with Crippen LogP contribution < -0.4 is 5.32 Å². The molecule has 1 aromatic heterocycles. The van der Waals surface area contributed by atoms with Crippen LogP contribution in [0.15, 0.2) is 42.6 Å². The maximum atomic E-state index is 12.8. The van der Waals surface area contributed by atoms with E-state index in [4.69, 9.17) is 4.74 Å². The monoisotopic (exact) mass is 368 g/mol. The van der Waals surface area contributed by atoms with Crippen LogP contribution in [0.25, 0.3) is 0 Å². The Morgan fingerprint density at radius 2 is 1.85 bits per heavy atom. The molecular weight excluding hydrogens is 344 g/mol. The number of carbonyl (C=O) groups excluding carboxylic acids is 2. The predicted octanol–water partition coefficient (Wildman–Crippen LogP) is 3.05. The van der Waals surface area contributed by atoms with Crippen molar-refractivity contribution >= 4 is 23.5 Å². The molecule has 0 unspecified atom stereocenters. The van der Waals surface area contributed by atoms with Crippen molar-refractivity contribution in [3.05, 3.63) is 53.7 Å². The Morgan fingerprint density at radius 1 is 1.11 bits per heavy atom. The zero-order chi connectivity index (χ0) is 19.2. The molecule has 3 rings (SSSR count). The van der Waals surface area contributed by atoms with Crippen molar-refractivity contribution in [2.24, 2.45) is 0 Å². The fraction of sp³-hybridized carbons (Fsp3) is 0.350. The number of nitrogens with zero attached hydrogens (tertiary/aromatic N) is 3. The Kier molecular flexibility index (Phi) is 5.90. The van der Waals surface area contributed by atoms with Crippen LogP contribution in [-0.4, -0.2) is 59.6 Å². The second-order valence-corrected chi connectivity index (χ2v) is 6.40. The summed E-state index contributed by atoms with van der Waals surface area (Å²) in [6.45, 7) is 6.08. The molecule has 1 fully saturated rings. The fourth-order valence-corrected chi connectivity index (χ4v) is 2.99. The first-order chi connectivity index (χ1) is 13.1. The van der Waals surface area contributed by atoms with Gasteiger partial charge in [-0.1, -0.05) is 12.1 Å². The van der Waals surface area contributed by atoms with Gasteiger partial charge >= 0.3 is 6.09 Å². The molecule has 1 aliphatic heterocycles. The third kappa shape index (κ3) is 4.75. The fourth-order valence-electron chi connectivity index (χ4n) is 2.99. The van der Waals surface area contributed by atoms with E-state index in [0.717, 1.165) is 11.3 Å². The molecule has 2 amide bonds. The number of piperazine rings is 1. The van der Waals surface area contributed by atoms with Gasteiger partial charge in [0.15, 0.2) is 0 Å². The molecule has 0 aliphatic carbocycles. The quantitative estimate of drug-likeness (QED) is 0.898. The van der Waals surface area contributed by atoms with E-state index in [1.807, 2.05) is 31.2 Å². The molecule has 7 nitrogen and oxygen atoms in total. The molecule has 1 N–H and O–H groups in total. The maximum Gasteiger partial charge on any atom is 0.409 e. The van der Waals surface area contributed by atoms with E-state index in [1.54, 1.807) is 35.1 Å². The van der Waals surface area contributed by atoms with Gasteiger partial charge < -0.3 is 19.9 Å². The number of ether oxygens (including phenoxy) is 1. The topological polar surface area (TPSA) is 74.8 Å². The number of aromatic nitrogens is 1. The Morgan fingerprint density at radius 3 is 2.56 bits per heavy atom. The molecule has 0 atom stereocenters. The van der Waals surface area contributed by atoms with Crippen LogP contribution in [0.2, 0.25) is 0 Å². The minimum Gasteiger partial charge on any atom is -0.450 e.